The molecule has 0 spiro atoms. The van der Waals surface area contributed by atoms with Gasteiger partial charge >= 0.3 is 5.97 Å². The molecule has 1 unspecified atom stereocenters. The molecule has 0 amide bonds. The van der Waals surface area contributed by atoms with Gasteiger partial charge in [-0.05, 0) is 49.2 Å². The fourth-order valence-corrected chi connectivity index (χ4v) is 4.19. The Bertz CT molecular complexity index is 971. The Morgan fingerprint density at radius 3 is 2.83 bits per heavy atom. The van der Waals surface area contributed by atoms with Gasteiger partial charge in [-0.25, -0.2) is 4.79 Å². The Hall–Kier alpha value is -2.35. The van der Waals surface area contributed by atoms with Gasteiger partial charge in [0.05, 0.1) is 11.7 Å². The van der Waals surface area contributed by atoms with Crippen molar-refractivity contribution in [2.24, 2.45) is 0 Å². The summed E-state index contributed by atoms with van der Waals surface area (Å²) >= 11 is 7.50. The molecule has 0 saturated carbocycles. The monoisotopic (exact) mass is 430 g/mol. The van der Waals surface area contributed by atoms with Crippen LogP contribution in [0.15, 0.2) is 57.9 Å². The van der Waals surface area contributed by atoms with Gasteiger partial charge in [0.1, 0.15) is 0 Å². The topological polar surface area (TPSA) is 74.5 Å². The maximum Gasteiger partial charge on any atom is 0.339 e. The maximum atomic E-state index is 12.6. The third kappa shape index (κ3) is 5.18. The van der Waals surface area contributed by atoms with Crippen molar-refractivity contribution in [3.63, 3.8) is 0 Å². The first kappa shape index (κ1) is 19.9. The molecule has 0 N–H and O–H groups in total. The number of aromatic nitrogens is 2. The minimum absolute atomic E-state index is 0.0931. The van der Waals surface area contributed by atoms with Crippen LogP contribution >= 0.6 is 23.4 Å². The van der Waals surface area contributed by atoms with Crippen LogP contribution in [0.1, 0.15) is 29.1 Å². The highest BCUT2D eigenvalue weighted by molar-refractivity contribution is 7.99. The second-order valence-corrected chi connectivity index (χ2v) is 8.04. The summed E-state index contributed by atoms with van der Waals surface area (Å²) in [4.78, 5) is 17.7. The third-order valence-electron chi connectivity index (χ3n) is 4.45. The minimum Gasteiger partial charge on any atom is -0.452 e. The normalized spacial score (nSPS) is 16.1. The maximum absolute atomic E-state index is 12.6. The lowest BCUT2D eigenvalue weighted by molar-refractivity contribution is 0.0425. The molecule has 2 aromatic carbocycles. The van der Waals surface area contributed by atoms with Gasteiger partial charge in [0.2, 0.25) is 5.82 Å². The zero-order chi connectivity index (χ0) is 20.1. The van der Waals surface area contributed by atoms with E-state index in [1.165, 1.54) is 0 Å². The summed E-state index contributed by atoms with van der Waals surface area (Å²) in [6.45, 7) is 0.723. The van der Waals surface area contributed by atoms with Crippen molar-refractivity contribution in [1.82, 2.24) is 10.1 Å². The second kappa shape index (κ2) is 9.43. The lowest BCUT2D eigenvalue weighted by atomic mass is 10.2. The Morgan fingerprint density at radius 2 is 2.03 bits per heavy atom. The highest BCUT2D eigenvalue weighted by Crippen LogP contribution is 2.27. The molecule has 0 radical (unpaired) electrons. The number of carbonyl (C=O) groups is 1. The number of hydrogen-bond donors (Lipinski definition) is 0. The summed E-state index contributed by atoms with van der Waals surface area (Å²) in [5.41, 5.74) is 1.29. The molecule has 1 atom stereocenters. The number of carbonyl (C=O) groups excluding carboxylic acids is 1. The van der Waals surface area contributed by atoms with Crippen LogP contribution in [0.5, 0.6) is 0 Å². The third-order valence-corrected chi connectivity index (χ3v) is 5.91. The number of hydrogen-bond acceptors (Lipinski definition) is 7. The largest absolute Gasteiger partial charge is 0.452 e. The highest BCUT2D eigenvalue weighted by Gasteiger charge is 2.19. The molecular weight excluding hydrogens is 412 g/mol. The molecule has 150 valence electrons. The number of ether oxygens (including phenoxy) is 2. The zero-order valence-corrected chi connectivity index (χ0v) is 17.1. The van der Waals surface area contributed by atoms with E-state index >= 15 is 0 Å². The summed E-state index contributed by atoms with van der Waals surface area (Å²) < 4.78 is 16.2. The lowest BCUT2D eigenvalue weighted by Gasteiger charge is -2.11. The molecule has 1 aliphatic heterocycles. The molecule has 1 aliphatic rings. The lowest BCUT2D eigenvalue weighted by Crippen LogP contribution is -2.10. The van der Waals surface area contributed by atoms with Crippen molar-refractivity contribution in [2.45, 2.75) is 30.4 Å². The summed E-state index contributed by atoms with van der Waals surface area (Å²) in [6.07, 6.45) is 2.40. The predicted molar refractivity (Wildman–Crippen MR) is 110 cm³/mol. The van der Waals surface area contributed by atoms with E-state index in [-0.39, 0.29) is 18.6 Å². The van der Waals surface area contributed by atoms with Crippen LogP contribution in [0, 0.1) is 0 Å². The van der Waals surface area contributed by atoms with Crippen molar-refractivity contribution in [3.05, 3.63) is 65.0 Å². The highest BCUT2D eigenvalue weighted by atomic mass is 35.5. The van der Waals surface area contributed by atoms with Gasteiger partial charge < -0.3 is 14.0 Å². The number of nitrogens with zero attached hydrogens (tertiary/aromatic N) is 2. The first-order valence-electron chi connectivity index (χ1n) is 9.28. The zero-order valence-electron chi connectivity index (χ0n) is 15.5. The fourth-order valence-electron chi connectivity index (χ4n) is 2.95. The van der Waals surface area contributed by atoms with Gasteiger partial charge in [-0.1, -0.05) is 28.9 Å². The van der Waals surface area contributed by atoms with E-state index in [9.17, 15) is 4.79 Å². The van der Waals surface area contributed by atoms with Gasteiger partial charge in [-0.2, -0.15) is 4.98 Å². The van der Waals surface area contributed by atoms with E-state index < -0.39 is 5.97 Å². The minimum atomic E-state index is -0.424. The number of benzene rings is 2. The average molecular weight is 431 g/mol. The Labute approximate surface area is 177 Å². The van der Waals surface area contributed by atoms with Crippen LogP contribution in [-0.4, -0.2) is 34.6 Å². The Balaban J connectivity index is 1.37. The van der Waals surface area contributed by atoms with Crippen LogP contribution in [0.3, 0.4) is 0 Å². The number of halogens is 1. The molecule has 3 aromatic rings. The summed E-state index contributed by atoms with van der Waals surface area (Å²) in [7, 11) is 0. The van der Waals surface area contributed by atoms with Crippen LogP contribution < -0.4 is 0 Å². The molecule has 6 nitrogen and oxygen atoms in total. The van der Waals surface area contributed by atoms with E-state index in [2.05, 4.69) is 10.1 Å². The molecule has 8 heteroatoms. The number of thioether (sulfide) groups is 1. The molecule has 0 bridgehead atoms. The van der Waals surface area contributed by atoms with Crippen molar-refractivity contribution < 1.29 is 18.8 Å². The van der Waals surface area contributed by atoms with Gasteiger partial charge in [-0.15, -0.1) is 11.8 Å². The van der Waals surface area contributed by atoms with Crippen LogP contribution in [-0.2, 0) is 16.1 Å². The quantitative estimate of drug-likeness (QED) is 0.385. The number of rotatable bonds is 7. The molecule has 2 heterocycles. The van der Waals surface area contributed by atoms with Gasteiger partial charge in [0.15, 0.2) is 6.61 Å². The molecular formula is C21H19ClN2O4S. The van der Waals surface area contributed by atoms with Gasteiger partial charge in [-0.3, -0.25) is 0 Å². The number of esters is 1. The van der Waals surface area contributed by atoms with E-state index in [0.29, 0.717) is 16.4 Å². The molecule has 0 aliphatic carbocycles. The van der Waals surface area contributed by atoms with E-state index in [0.717, 1.165) is 35.7 Å². The summed E-state index contributed by atoms with van der Waals surface area (Å²) in [6, 6.07) is 14.5. The van der Waals surface area contributed by atoms with Crippen LogP contribution in [0.2, 0.25) is 5.02 Å². The van der Waals surface area contributed by atoms with E-state index in [1.54, 1.807) is 42.1 Å². The van der Waals surface area contributed by atoms with Crippen LogP contribution in [0.4, 0.5) is 0 Å². The van der Waals surface area contributed by atoms with E-state index in [4.69, 9.17) is 25.6 Å². The molecule has 4 rings (SSSR count). The standard InChI is InChI=1S/C21H19ClN2O4S/c22-15-9-7-14(8-10-15)20-23-19(28-24-20)12-27-21(25)17-5-1-2-6-18(17)29-13-16-4-3-11-26-16/h1-2,5-10,16H,3-4,11-13H2. The first-order chi connectivity index (χ1) is 14.2. The fraction of sp³-hybridized carbons (Fsp3) is 0.286. The van der Waals surface area contributed by atoms with Gasteiger partial charge in [0.25, 0.3) is 5.89 Å². The van der Waals surface area contributed by atoms with Crippen molar-refractivity contribution in [2.75, 3.05) is 12.4 Å². The Kier molecular flexibility index (Phi) is 6.49. The smallest absolute Gasteiger partial charge is 0.339 e. The van der Waals surface area contributed by atoms with Crippen LogP contribution in [0.25, 0.3) is 11.4 Å². The second-order valence-electron chi connectivity index (χ2n) is 6.54. The van der Waals surface area contributed by atoms with Gasteiger partial charge in [0, 0.05) is 27.8 Å². The summed E-state index contributed by atoms with van der Waals surface area (Å²) in [5, 5.41) is 4.55. The SMILES string of the molecule is O=C(OCc1nc(-c2ccc(Cl)cc2)no1)c1ccccc1SCC1CCCO1. The first-order valence-corrected chi connectivity index (χ1v) is 10.6. The molecule has 29 heavy (non-hydrogen) atoms. The molecule has 1 aromatic heterocycles. The Morgan fingerprint density at radius 1 is 1.21 bits per heavy atom. The van der Waals surface area contributed by atoms with Crippen molar-refractivity contribution in [1.29, 1.82) is 0 Å². The van der Waals surface area contributed by atoms with Crippen molar-refractivity contribution >= 4 is 29.3 Å². The molecule has 1 saturated heterocycles. The summed E-state index contributed by atoms with van der Waals surface area (Å²) in [5.74, 6) is 1.04. The average Bonchev–Trinajstić information content (AvgIpc) is 3.43. The molecule has 1 fully saturated rings. The predicted octanol–water partition coefficient (Wildman–Crippen LogP) is 5.02. The van der Waals surface area contributed by atoms with Crippen molar-refractivity contribution in [3.8, 4) is 11.4 Å². The van der Waals surface area contributed by atoms with E-state index in [1.807, 2.05) is 18.2 Å².